The lowest BCUT2D eigenvalue weighted by atomic mass is 9.73. The molecule has 1 atom stereocenters. The molecule has 1 aromatic carbocycles. The average Bonchev–Trinajstić information content (AvgIpc) is 2.88. The Labute approximate surface area is 194 Å². The largest absolute Gasteiger partial charge is 0.352 e. The van der Waals surface area contributed by atoms with Gasteiger partial charge in [-0.05, 0) is 60.2 Å². The Morgan fingerprint density at radius 2 is 1.91 bits per heavy atom. The van der Waals surface area contributed by atoms with Gasteiger partial charge in [0.15, 0.2) is 0 Å². The number of pyridine rings is 2. The molecular formula is C27H28N4O2. The predicted octanol–water partition coefficient (Wildman–Crippen LogP) is 3.91. The molecule has 1 fully saturated rings. The zero-order valence-electron chi connectivity index (χ0n) is 18.6. The Morgan fingerprint density at radius 3 is 2.67 bits per heavy atom. The normalized spacial score (nSPS) is 17.9. The van der Waals surface area contributed by atoms with Crippen LogP contribution in [0.4, 0.5) is 0 Å². The van der Waals surface area contributed by atoms with Gasteiger partial charge in [-0.1, -0.05) is 30.3 Å². The molecule has 1 saturated heterocycles. The first-order chi connectivity index (χ1) is 16.1. The SMILES string of the molecule is C=CCNC(=O)[C@@]1(Cc2cccc(-c3ccncc3)c2)CCCN(C(=O)c2cccnc2)C1. The van der Waals surface area contributed by atoms with Gasteiger partial charge >= 0.3 is 0 Å². The lowest BCUT2D eigenvalue weighted by Gasteiger charge is -2.42. The number of aromatic nitrogens is 2. The van der Waals surface area contributed by atoms with Crippen LogP contribution in [-0.4, -0.2) is 46.3 Å². The highest BCUT2D eigenvalue weighted by Gasteiger charge is 2.43. The summed E-state index contributed by atoms with van der Waals surface area (Å²) in [6.45, 7) is 5.11. The van der Waals surface area contributed by atoms with Gasteiger partial charge in [0.25, 0.3) is 5.91 Å². The summed E-state index contributed by atoms with van der Waals surface area (Å²) in [6, 6.07) is 15.7. The molecule has 0 saturated carbocycles. The number of carbonyl (C=O) groups is 2. The van der Waals surface area contributed by atoms with Gasteiger partial charge in [-0.3, -0.25) is 19.6 Å². The number of hydrogen-bond donors (Lipinski definition) is 1. The van der Waals surface area contributed by atoms with Crippen LogP contribution in [0.15, 0.2) is 86.0 Å². The molecule has 4 rings (SSSR count). The third kappa shape index (κ3) is 5.17. The van der Waals surface area contributed by atoms with E-state index in [2.05, 4.69) is 40.1 Å². The Kier molecular flexibility index (Phi) is 6.93. The van der Waals surface area contributed by atoms with Crippen molar-refractivity contribution >= 4 is 11.8 Å². The fourth-order valence-corrected chi connectivity index (χ4v) is 4.54. The standard InChI is InChI=1S/C27H28N4O2/c1-2-12-30-26(33)27(11-5-16-31(20-27)25(32)24-8-4-13-29-19-24)18-21-6-3-7-23(17-21)22-9-14-28-15-10-22/h2-4,6-10,13-15,17,19H,1,5,11-12,16,18,20H2,(H,30,33)/t27-/m1/s1. The van der Waals surface area contributed by atoms with Crippen molar-refractivity contribution in [2.45, 2.75) is 19.3 Å². The van der Waals surface area contributed by atoms with Crippen LogP contribution < -0.4 is 5.32 Å². The van der Waals surface area contributed by atoms with Crippen LogP contribution in [0, 0.1) is 5.41 Å². The molecule has 2 amide bonds. The highest BCUT2D eigenvalue weighted by molar-refractivity contribution is 5.94. The van der Waals surface area contributed by atoms with Gasteiger partial charge < -0.3 is 10.2 Å². The quantitative estimate of drug-likeness (QED) is 0.565. The number of rotatable bonds is 7. The van der Waals surface area contributed by atoms with E-state index >= 15 is 0 Å². The van der Waals surface area contributed by atoms with Gasteiger partial charge in [0.2, 0.25) is 5.91 Å². The zero-order valence-corrected chi connectivity index (χ0v) is 18.6. The molecule has 33 heavy (non-hydrogen) atoms. The van der Waals surface area contributed by atoms with Crippen LogP contribution in [0.2, 0.25) is 0 Å². The Hall–Kier alpha value is -3.80. The third-order valence-electron chi connectivity index (χ3n) is 6.14. The minimum absolute atomic E-state index is 0.0413. The smallest absolute Gasteiger partial charge is 0.255 e. The van der Waals surface area contributed by atoms with Crippen molar-refractivity contribution in [2.75, 3.05) is 19.6 Å². The molecule has 168 valence electrons. The van der Waals surface area contributed by atoms with Crippen LogP contribution in [0.25, 0.3) is 11.1 Å². The summed E-state index contributed by atoms with van der Waals surface area (Å²) in [5.41, 5.74) is 3.05. The number of nitrogens with zero attached hydrogens (tertiary/aromatic N) is 3. The van der Waals surface area contributed by atoms with Crippen LogP contribution >= 0.6 is 0 Å². The summed E-state index contributed by atoms with van der Waals surface area (Å²) in [7, 11) is 0. The van der Waals surface area contributed by atoms with Gasteiger partial charge in [0.05, 0.1) is 11.0 Å². The molecular weight excluding hydrogens is 412 g/mol. The minimum Gasteiger partial charge on any atom is -0.352 e. The second kappa shape index (κ2) is 10.2. The monoisotopic (exact) mass is 440 g/mol. The molecule has 1 N–H and O–H groups in total. The first-order valence-corrected chi connectivity index (χ1v) is 11.2. The highest BCUT2D eigenvalue weighted by atomic mass is 16.2. The molecule has 6 heteroatoms. The maximum Gasteiger partial charge on any atom is 0.255 e. The van der Waals surface area contributed by atoms with Gasteiger partial charge in [0, 0.05) is 44.4 Å². The van der Waals surface area contributed by atoms with Crippen molar-refractivity contribution in [1.82, 2.24) is 20.2 Å². The number of piperidine rings is 1. The Morgan fingerprint density at radius 1 is 1.06 bits per heavy atom. The number of carbonyl (C=O) groups excluding carboxylic acids is 2. The van der Waals surface area contributed by atoms with E-state index < -0.39 is 5.41 Å². The topological polar surface area (TPSA) is 75.2 Å². The van der Waals surface area contributed by atoms with E-state index in [0.717, 1.165) is 23.1 Å². The first-order valence-electron chi connectivity index (χ1n) is 11.2. The summed E-state index contributed by atoms with van der Waals surface area (Å²) in [4.78, 5) is 36.5. The molecule has 0 bridgehead atoms. The molecule has 3 heterocycles. The van der Waals surface area contributed by atoms with Crippen LogP contribution in [0.5, 0.6) is 0 Å². The fourth-order valence-electron chi connectivity index (χ4n) is 4.54. The Balaban J connectivity index is 1.63. The summed E-state index contributed by atoms with van der Waals surface area (Å²) >= 11 is 0. The second-order valence-electron chi connectivity index (χ2n) is 8.46. The number of benzene rings is 1. The van der Waals surface area contributed by atoms with Gasteiger partial charge in [-0.2, -0.15) is 0 Å². The molecule has 3 aromatic rings. The first kappa shape index (κ1) is 22.4. The van der Waals surface area contributed by atoms with Crippen molar-refractivity contribution < 1.29 is 9.59 Å². The van der Waals surface area contributed by atoms with Crippen molar-refractivity contribution in [3.8, 4) is 11.1 Å². The number of likely N-dealkylation sites (tertiary alicyclic amines) is 1. The molecule has 6 nitrogen and oxygen atoms in total. The molecule has 0 radical (unpaired) electrons. The molecule has 0 spiro atoms. The molecule has 0 aliphatic carbocycles. The van der Waals surface area contributed by atoms with E-state index in [0.29, 0.717) is 38.0 Å². The lowest BCUT2D eigenvalue weighted by Crippen LogP contribution is -2.54. The maximum atomic E-state index is 13.4. The lowest BCUT2D eigenvalue weighted by molar-refractivity contribution is -0.133. The summed E-state index contributed by atoms with van der Waals surface area (Å²) in [6.07, 6.45) is 10.5. The van der Waals surface area contributed by atoms with E-state index in [1.54, 1.807) is 47.9 Å². The number of nitrogens with one attached hydrogen (secondary N) is 1. The molecule has 0 unspecified atom stereocenters. The van der Waals surface area contributed by atoms with E-state index in [-0.39, 0.29) is 11.8 Å². The third-order valence-corrected chi connectivity index (χ3v) is 6.14. The summed E-state index contributed by atoms with van der Waals surface area (Å²) < 4.78 is 0. The zero-order chi connectivity index (χ0) is 23.1. The summed E-state index contributed by atoms with van der Waals surface area (Å²) in [5, 5.41) is 2.99. The predicted molar refractivity (Wildman–Crippen MR) is 128 cm³/mol. The highest BCUT2D eigenvalue weighted by Crippen LogP contribution is 2.35. The Bertz CT molecular complexity index is 1120. The molecule has 1 aliphatic heterocycles. The fraction of sp³-hybridized carbons (Fsp3) is 0.259. The van der Waals surface area contributed by atoms with Crippen LogP contribution in [0.3, 0.4) is 0 Å². The van der Waals surface area contributed by atoms with Crippen LogP contribution in [0.1, 0.15) is 28.8 Å². The van der Waals surface area contributed by atoms with E-state index in [4.69, 9.17) is 0 Å². The number of amides is 2. The maximum absolute atomic E-state index is 13.4. The molecule has 2 aromatic heterocycles. The number of hydrogen-bond acceptors (Lipinski definition) is 4. The van der Waals surface area contributed by atoms with E-state index in [9.17, 15) is 9.59 Å². The average molecular weight is 441 g/mol. The van der Waals surface area contributed by atoms with Crippen molar-refractivity contribution in [3.05, 3.63) is 97.1 Å². The van der Waals surface area contributed by atoms with Gasteiger partial charge in [-0.15, -0.1) is 6.58 Å². The van der Waals surface area contributed by atoms with E-state index in [1.165, 1.54) is 0 Å². The summed E-state index contributed by atoms with van der Waals surface area (Å²) in [5.74, 6) is -0.130. The second-order valence-corrected chi connectivity index (χ2v) is 8.46. The van der Waals surface area contributed by atoms with Crippen molar-refractivity contribution in [2.24, 2.45) is 5.41 Å². The van der Waals surface area contributed by atoms with Crippen molar-refractivity contribution in [3.63, 3.8) is 0 Å². The van der Waals surface area contributed by atoms with E-state index in [1.807, 2.05) is 18.2 Å². The van der Waals surface area contributed by atoms with Crippen LogP contribution in [-0.2, 0) is 11.2 Å². The molecule has 1 aliphatic rings. The minimum atomic E-state index is -0.712. The van der Waals surface area contributed by atoms with Crippen molar-refractivity contribution in [1.29, 1.82) is 0 Å². The van der Waals surface area contributed by atoms with Gasteiger partial charge in [-0.25, -0.2) is 0 Å². The van der Waals surface area contributed by atoms with Gasteiger partial charge in [0.1, 0.15) is 0 Å².